The highest BCUT2D eigenvalue weighted by Gasteiger charge is 2.44. The highest BCUT2D eigenvalue weighted by molar-refractivity contribution is 6.00. The van der Waals surface area contributed by atoms with Crippen molar-refractivity contribution in [2.24, 2.45) is 0 Å². The lowest BCUT2D eigenvalue weighted by Gasteiger charge is -2.44. The van der Waals surface area contributed by atoms with Gasteiger partial charge in [-0.1, -0.05) is 46.8 Å². The highest BCUT2D eigenvalue weighted by Crippen LogP contribution is 2.56. The monoisotopic (exact) mass is 379 g/mol. The smallest absolute Gasteiger partial charge is 0.416 e. The lowest BCUT2D eigenvalue weighted by molar-refractivity contribution is 0.204. The molecule has 1 amide bonds. The molecule has 1 aliphatic carbocycles. The second-order valence-corrected chi connectivity index (χ2v) is 9.57. The van der Waals surface area contributed by atoms with Crippen molar-refractivity contribution in [2.45, 2.75) is 64.2 Å². The summed E-state index contributed by atoms with van der Waals surface area (Å²) in [5.41, 5.74) is 5.93. The molecule has 0 bridgehead atoms. The maximum absolute atomic E-state index is 12.4. The van der Waals surface area contributed by atoms with E-state index in [1.54, 1.807) is 7.11 Å². The molecular weight excluding hydrogens is 350 g/mol. The Kier molecular flexibility index (Phi) is 4.04. The van der Waals surface area contributed by atoms with Crippen molar-refractivity contribution in [1.29, 1.82) is 0 Å². The lowest BCUT2D eigenvalue weighted by atomic mass is 9.66. The first-order valence-electron chi connectivity index (χ1n) is 9.96. The van der Waals surface area contributed by atoms with Gasteiger partial charge in [-0.2, -0.15) is 0 Å². The first-order chi connectivity index (χ1) is 13.1. The minimum Gasteiger partial charge on any atom is -0.497 e. The molecule has 4 heteroatoms. The number of anilines is 2. The summed E-state index contributed by atoms with van der Waals surface area (Å²) in [6, 6.07) is 9.95. The number of carboxylic acid groups (broad SMARTS) is 1. The van der Waals surface area contributed by atoms with E-state index in [-0.39, 0.29) is 10.8 Å². The number of amides is 1. The van der Waals surface area contributed by atoms with Gasteiger partial charge in [0.15, 0.2) is 0 Å². The minimum atomic E-state index is -0.967. The van der Waals surface area contributed by atoms with Gasteiger partial charge in [-0.25, -0.2) is 9.69 Å². The zero-order chi connectivity index (χ0) is 20.4. The van der Waals surface area contributed by atoms with Gasteiger partial charge in [0.2, 0.25) is 0 Å². The number of methoxy groups -OCH3 is 1. The van der Waals surface area contributed by atoms with Gasteiger partial charge in [-0.15, -0.1) is 0 Å². The molecule has 1 fully saturated rings. The Bertz CT molecular complexity index is 965. The largest absolute Gasteiger partial charge is 0.497 e. The second kappa shape index (κ2) is 6.00. The maximum atomic E-state index is 12.4. The average molecular weight is 380 g/mol. The van der Waals surface area contributed by atoms with E-state index in [0.717, 1.165) is 16.8 Å². The topological polar surface area (TPSA) is 49.8 Å². The SMILES string of the molecule is COc1ccc2c(c1)N(C(=O)O)c1ccc(C3CC3)c(C(C)(C)C)c1C2(C)C. The Labute approximate surface area is 167 Å². The molecule has 0 unspecified atom stereocenters. The molecule has 2 aromatic rings. The van der Waals surface area contributed by atoms with Gasteiger partial charge in [-0.3, -0.25) is 0 Å². The van der Waals surface area contributed by atoms with E-state index in [1.165, 1.54) is 28.9 Å². The summed E-state index contributed by atoms with van der Waals surface area (Å²) in [5.74, 6) is 1.26. The number of carbonyl (C=O) groups is 1. The predicted molar refractivity (Wildman–Crippen MR) is 112 cm³/mol. The van der Waals surface area contributed by atoms with E-state index < -0.39 is 6.09 Å². The van der Waals surface area contributed by atoms with Crippen LogP contribution in [0.25, 0.3) is 0 Å². The maximum Gasteiger partial charge on any atom is 0.416 e. The van der Waals surface area contributed by atoms with Gasteiger partial charge < -0.3 is 9.84 Å². The molecular formula is C24H29NO3. The van der Waals surface area contributed by atoms with Gasteiger partial charge in [0.25, 0.3) is 0 Å². The first-order valence-corrected chi connectivity index (χ1v) is 9.96. The van der Waals surface area contributed by atoms with E-state index in [4.69, 9.17) is 4.74 Å². The zero-order valence-electron chi connectivity index (χ0n) is 17.6. The third-order valence-corrected chi connectivity index (χ3v) is 6.16. The number of hydrogen-bond acceptors (Lipinski definition) is 2. The number of fused-ring (bicyclic) bond motifs is 2. The summed E-state index contributed by atoms with van der Waals surface area (Å²) in [4.78, 5) is 13.8. The van der Waals surface area contributed by atoms with Crippen molar-refractivity contribution in [3.8, 4) is 5.75 Å². The number of nitrogens with zero attached hydrogens (tertiary/aromatic N) is 1. The minimum absolute atomic E-state index is 0.0747. The van der Waals surface area contributed by atoms with Gasteiger partial charge >= 0.3 is 6.09 Å². The van der Waals surface area contributed by atoms with E-state index in [9.17, 15) is 9.90 Å². The van der Waals surface area contributed by atoms with Gasteiger partial charge in [0, 0.05) is 11.5 Å². The third kappa shape index (κ3) is 2.69. The van der Waals surface area contributed by atoms with E-state index in [1.807, 2.05) is 24.3 Å². The lowest BCUT2D eigenvalue weighted by Crippen LogP contribution is -2.38. The fourth-order valence-electron chi connectivity index (χ4n) is 4.79. The quantitative estimate of drug-likeness (QED) is 0.664. The molecule has 1 aliphatic heterocycles. The molecule has 4 rings (SSSR count). The normalized spacial score (nSPS) is 17.7. The van der Waals surface area contributed by atoms with Crippen LogP contribution in [0.4, 0.5) is 16.2 Å². The predicted octanol–water partition coefficient (Wildman–Crippen LogP) is 6.33. The second-order valence-electron chi connectivity index (χ2n) is 9.57. The molecule has 1 saturated carbocycles. The van der Waals surface area contributed by atoms with Crippen LogP contribution in [0.3, 0.4) is 0 Å². The van der Waals surface area contributed by atoms with Crippen LogP contribution in [0.5, 0.6) is 5.75 Å². The van der Waals surface area contributed by atoms with E-state index >= 15 is 0 Å². The molecule has 0 atom stereocenters. The molecule has 1 heterocycles. The van der Waals surface area contributed by atoms with Crippen LogP contribution in [0, 0.1) is 0 Å². The summed E-state index contributed by atoms with van der Waals surface area (Å²) < 4.78 is 5.38. The number of benzene rings is 2. The van der Waals surface area contributed by atoms with E-state index in [0.29, 0.717) is 17.4 Å². The van der Waals surface area contributed by atoms with Crippen LogP contribution in [0.15, 0.2) is 30.3 Å². The Morgan fingerprint density at radius 3 is 2.36 bits per heavy atom. The molecule has 2 aliphatic rings. The fraction of sp³-hybridized carbons (Fsp3) is 0.458. The number of hydrogen-bond donors (Lipinski definition) is 1. The molecule has 0 aromatic heterocycles. The number of ether oxygens (including phenoxy) is 1. The summed E-state index contributed by atoms with van der Waals surface area (Å²) in [6.45, 7) is 11.1. The van der Waals surface area contributed by atoms with Crippen LogP contribution in [-0.2, 0) is 10.8 Å². The Balaban J connectivity index is 2.09. The molecule has 148 valence electrons. The summed E-state index contributed by atoms with van der Waals surface area (Å²) in [7, 11) is 1.61. The summed E-state index contributed by atoms with van der Waals surface area (Å²) >= 11 is 0. The van der Waals surface area contributed by atoms with Crippen LogP contribution >= 0.6 is 0 Å². The van der Waals surface area contributed by atoms with Gasteiger partial charge in [0.05, 0.1) is 18.5 Å². The highest BCUT2D eigenvalue weighted by atomic mass is 16.5. The van der Waals surface area contributed by atoms with Crippen molar-refractivity contribution in [3.05, 3.63) is 52.6 Å². The summed E-state index contributed by atoms with van der Waals surface area (Å²) in [6.07, 6.45) is 1.47. The molecule has 1 N–H and O–H groups in total. The first kappa shape index (κ1) is 18.9. The average Bonchev–Trinajstić information content (AvgIpc) is 3.44. The molecule has 2 aromatic carbocycles. The van der Waals surface area contributed by atoms with Crippen LogP contribution in [0.1, 0.15) is 75.6 Å². The molecule has 4 nitrogen and oxygen atoms in total. The Morgan fingerprint density at radius 1 is 1.14 bits per heavy atom. The van der Waals surface area contributed by atoms with Crippen LogP contribution in [-0.4, -0.2) is 18.3 Å². The van der Waals surface area contributed by atoms with Crippen LogP contribution in [0.2, 0.25) is 0 Å². The fourth-order valence-corrected chi connectivity index (χ4v) is 4.79. The molecule has 0 spiro atoms. The molecule has 0 saturated heterocycles. The van der Waals surface area contributed by atoms with Gasteiger partial charge in [-0.05, 0) is 58.6 Å². The Hall–Kier alpha value is -2.49. The van der Waals surface area contributed by atoms with Crippen molar-refractivity contribution in [2.75, 3.05) is 12.0 Å². The van der Waals surface area contributed by atoms with Crippen LogP contribution < -0.4 is 9.64 Å². The third-order valence-electron chi connectivity index (χ3n) is 6.16. The Morgan fingerprint density at radius 2 is 1.82 bits per heavy atom. The van der Waals surface area contributed by atoms with Crippen molar-refractivity contribution < 1.29 is 14.6 Å². The standard InChI is InChI=1S/C24H29NO3/c1-23(2,3)20-16(14-7-8-14)10-12-18-21(20)24(4,5)17-11-9-15(28-6)13-19(17)25(18)22(26)27/h9-14H,7-8H2,1-6H3,(H,26,27). The van der Waals surface area contributed by atoms with E-state index in [2.05, 4.69) is 40.7 Å². The molecule has 0 radical (unpaired) electrons. The molecule has 28 heavy (non-hydrogen) atoms. The van der Waals surface area contributed by atoms with Crippen molar-refractivity contribution >= 4 is 17.5 Å². The van der Waals surface area contributed by atoms with Gasteiger partial charge in [0.1, 0.15) is 5.75 Å². The zero-order valence-corrected chi connectivity index (χ0v) is 17.6. The number of rotatable bonds is 2. The van der Waals surface area contributed by atoms with Crippen molar-refractivity contribution in [1.82, 2.24) is 0 Å². The van der Waals surface area contributed by atoms with Crippen molar-refractivity contribution in [3.63, 3.8) is 0 Å². The summed E-state index contributed by atoms with van der Waals surface area (Å²) in [5, 5.41) is 10.1.